The first-order valence-electron chi connectivity index (χ1n) is 9.14. The van der Waals surface area contributed by atoms with Crippen LogP contribution in [0.2, 0.25) is 0 Å². The van der Waals surface area contributed by atoms with Crippen LogP contribution in [0, 0.1) is 18.3 Å². The smallest absolute Gasteiger partial charge is 0.351 e. The highest BCUT2D eigenvalue weighted by atomic mass is 32.1. The van der Waals surface area contributed by atoms with Crippen molar-refractivity contribution < 1.29 is 9.53 Å². The summed E-state index contributed by atoms with van der Waals surface area (Å²) >= 11 is 1.08. The van der Waals surface area contributed by atoms with E-state index in [0.29, 0.717) is 15.7 Å². The number of hydrogen-bond donors (Lipinski definition) is 1. The fourth-order valence-corrected chi connectivity index (χ4v) is 3.98. The van der Waals surface area contributed by atoms with Crippen molar-refractivity contribution in [2.24, 2.45) is 0 Å². The standard InChI is InChI=1S/C21H20N4O3S/c1-4-25-19(26)18(29-20(25)15(11-22)21(27)28-5-2)12-23-16-7-6-8-17-14(16)10-9-13(3)24-17/h6-10,12,23H,4-5H2,1-3H3. The SMILES string of the molecule is CCOC(=O)C(C#N)=c1sc(=CNc2cccc3nc(C)ccc23)c(=O)n1CC. The first kappa shape index (κ1) is 20.3. The molecule has 0 aliphatic heterocycles. The van der Waals surface area contributed by atoms with Crippen LogP contribution in [-0.4, -0.2) is 22.1 Å². The van der Waals surface area contributed by atoms with Crippen molar-refractivity contribution in [2.45, 2.75) is 27.3 Å². The first-order chi connectivity index (χ1) is 14.0. The van der Waals surface area contributed by atoms with E-state index in [-0.39, 0.29) is 17.7 Å². The number of anilines is 1. The molecule has 0 spiro atoms. The number of ether oxygens (including phenoxy) is 1. The second kappa shape index (κ2) is 8.71. The molecule has 0 aliphatic carbocycles. The number of benzene rings is 1. The van der Waals surface area contributed by atoms with E-state index in [0.717, 1.165) is 33.6 Å². The van der Waals surface area contributed by atoms with Crippen molar-refractivity contribution in [3.63, 3.8) is 0 Å². The summed E-state index contributed by atoms with van der Waals surface area (Å²) in [5.41, 5.74) is 2.14. The van der Waals surface area contributed by atoms with E-state index in [9.17, 15) is 14.9 Å². The third kappa shape index (κ3) is 4.05. The Bertz CT molecular complexity index is 1300. The third-order valence-electron chi connectivity index (χ3n) is 4.26. The topological polar surface area (TPSA) is 97.0 Å². The predicted molar refractivity (Wildman–Crippen MR) is 114 cm³/mol. The summed E-state index contributed by atoms with van der Waals surface area (Å²) in [5.74, 6) is -0.728. The summed E-state index contributed by atoms with van der Waals surface area (Å²) in [5, 5.41) is 13.5. The number of hydrogen-bond acceptors (Lipinski definition) is 7. The molecular formula is C21H20N4O3S. The van der Waals surface area contributed by atoms with E-state index >= 15 is 0 Å². The average molecular weight is 408 g/mol. The molecule has 0 bridgehead atoms. The number of thiazole rings is 1. The molecule has 0 unspecified atom stereocenters. The van der Waals surface area contributed by atoms with E-state index in [1.165, 1.54) is 4.57 Å². The van der Waals surface area contributed by atoms with E-state index < -0.39 is 5.97 Å². The Balaban J connectivity index is 2.13. The Kier molecular flexibility index (Phi) is 6.10. The molecule has 0 saturated carbocycles. The molecule has 0 radical (unpaired) electrons. The highest BCUT2D eigenvalue weighted by molar-refractivity contribution is 7.07. The molecule has 3 aromatic rings. The summed E-state index contributed by atoms with van der Waals surface area (Å²) in [7, 11) is 0. The van der Waals surface area contributed by atoms with Crippen LogP contribution in [0.3, 0.4) is 0 Å². The molecule has 8 heteroatoms. The van der Waals surface area contributed by atoms with Gasteiger partial charge in [-0.25, -0.2) is 4.79 Å². The van der Waals surface area contributed by atoms with Crippen LogP contribution >= 0.6 is 11.3 Å². The summed E-state index contributed by atoms with van der Waals surface area (Å²) in [6.07, 6.45) is 1.59. The van der Waals surface area contributed by atoms with Gasteiger partial charge in [-0.05, 0) is 45.0 Å². The number of nitrogens with one attached hydrogen (secondary N) is 1. The van der Waals surface area contributed by atoms with Crippen LogP contribution < -0.4 is 20.1 Å². The van der Waals surface area contributed by atoms with Crippen LogP contribution in [0.1, 0.15) is 19.5 Å². The lowest BCUT2D eigenvalue weighted by molar-refractivity contribution is -0.136. The zero-order valence-corrected chi connectivity index (χ0v) is 17.2. The van der Waals surface area contributed by atoms with Gasteiger partial charge in [0.05, 0.1) is 12.1 Å². The Morgan fingerprint density at radius 1 is 1.34 bits per heavy atom. The maximum Gasteiger partial charge on any atom is 0.351 e. The molecule has 2 heterocycles. The molecule has 0 saturated heterocycles. The molecule has 2 aromatic heterocycles. The Hall–Kier alpha value is -3.44. The highest BCUT2D eigenvalue weighted by Crippen LogP contribution is 2.22. The zero-order chi connectivity index (χ0) is 21.0. The summed E-state index contributed by atoms with van der Waals surface area (Å²) in [6, 6.07) is 11.5. The van der Waals surface area contributed by atoms with Crippen molar-refractivity contribution >= 4 is 45.7 Å². The molecule has 0 fully saturated rings. The largest absolute Gasteiger partial charge is 0.462 e. The molecule has 3 rings (SSSR count). The van der Waals surface area contributed by atoms with E-state index in [2.05, 4.69) is 10.3 Å². The fraction of sp³-hybridized carbons (Fsp3) is 0.238. The second-order valence-electron chi connectivity index (χ2n) is 6.14. The number of carbonyl (C=O) groups excluding carboxylic acids is 1. The maximum absolute atomic E-state index is 12.8. The van der Waals surface area contributed by atoms with Gasteiger partial charge in [0.2, 0.25) is 0 Å². The van der Waals surface area contributed by atoms with Crippen LogP contribution in [-0.2, 0) is 16.1 Å². The number of nitriles is 1. The molecule has 0 amide bonds. The number of nitrogens with zero attached hydrogens (tertiary/aromatic N) is 3. The monoisotopic (exact) mass is 408 g/mol. The van der Waals surface area contributed by atoms with E-state index in [1.54, 1.807) is 20.0 Å². The number of aryl methyl sites for hydroxylation is 1. The second-order valence-corrected chi connectivity index (χ2v) is 7.17. The van der Waals surface area contributed by atoms with Crippen LogP contribution in [0.5, 0.6) is 0 Å². The normalized spacial score (nSPS) is 12.6. The van der Waals surface area contributed by atoms with Gasteiger partial charge in [0.25, 0.3) is 5.56 Å². The Morgan fingerprint density at radius 2 is 2.14 bits per heavy atom. The van der Waals surface area contributed by atoms with Gasteiger partial charge in [0, 0.05) is 29.5 Å². The lowest BCUT2D eigenvalue weighted by Crippen LogP contribution is -2.32. The molecule has 0 atom stereocenters. The van der Waals surface area contributed by atoms with Gasteiger partial charge in [-0.3, -0.25) is 14.3 Å². The Labute approximate surface area is 171 Å². The van der Waals surface area contributed by atoms with Crippen LogP contribution in [0.25, 0.3) is 22.7 Å². The lowest BCUT2D eigenvalue weighted by Gasteiger charge is -2.05. The number of carbonyl (C=O) groups is 1. The molecule has 7 nitrogen and oxygen atoms in total. The van der Waals surface area contributed by atoms with Gasteiger partial charge in [-0.1, -0.05) is 6.07 Å². The minimum Gasteiger partial charge on any atom is -0.462 e. The van der Waals surface area contributed by atoms with Crippen LogP contribution in [0.15, 0.2) is 35.1 Å². The third-order valence-corrected chi connectivity index (χ3v) is 5.39. The van der Waals surface area contributed by atoms with Crippen LogP contribution in [0.4, 0.5) is 5.69 Å². The van der Waals surface area contributed by atoms with Gasteiger partial charge in [-0.15, -0.1) is 11.3 Å². The Morgan fingerprint density at radius 3 is 2.83 bits per heavy atom. The van der Waals surface area contributed by atoms with Gasteiger partial charge < -0.3 is 10.1 Å². The van der Waals surface area contributed by atoms with E-state index in [4.69, 9.17) is 4.74 Å². The molecule has 0 aliphatic rings. The number of rotatable bonds is 5. The number of aromatic nitrogens is 2. The minimum atomic E-state index is -0.728. The number of pyridine rings is 1. The highest BCUT2D eigenvalue weighted by Gasteiger charge is 2.16. The molecular weight excluding hydrogens is 388 g/mol. The van der Waals surface area contributed by atoms with Crippen molar-refractivity contribution in [3.05, 3.63) is 55.6 Å². The van der Waals surface area contributed by atoms with Gasteiger partial charge in [-0.2, -0.15) is 5.26 Å². The number of fused-ring (bicyclic) bond motifs is 1. The zero-order valence-electron chi connectivity index (χ0n) is 16.4. The van der Waals surface area contributed by atoms with Crippen molar-refractivity contribution in [2.75, 3.05) is 11.9 Å². The summed E-state index contributed by atoms with van der Waals surface area (Å²) < 4.78 is 7.03. The van der Waals surface area contributed by atoms with Gasteiger partial charge in [0.1, 0.15) is 15.3 Å². The quantitative estimate of drug-likeness (QED) is 0.648. The van der Waals surface area contributed by atoms with Gasteiger partial charge in [0.15, 0.2) is 5.57 Å². The van der Waals surface area contributed by atoms with E-state index in [1.807, 2.05) is 43.3 Å². The van der Waals surface area contributed by atoms with Crippen molar-refractivity contribution in [1.82, 2.24) is 9.55 Å². The maximum atomic E-state index is 12.8. The summed E-state index contributed by atoms with van der Waals surface area (Å²) in [6.45, 7) is 5.87. The first-order valence-corrected chi connectivity index (χ1v) is 9.96. The number of esters is 1. The molecule has 148 valence electrons. The van der Waals surface area contributed by atoms with Gasteiger partial charge >= 0.3 is 5.97 Å². The molecule has 1 aromatic carbocycles. The summed E-state index contributed by atoms with van der Waals surface area (Å²) in [4.78, 5) is 29.4. The van der Waals surface area contributed by atoms with Crippen molar-refractivity contribution in [1.29, 1.82) is 5.26 Å². The molecule has 1 N–H and O–H groups in total. The molecule has 29 heavy (non-hydrogen) atoms. The van der Waals surface area contributed by atoms with Crippen molar-refractivity contribution in [3.8, 4) is 6.07 Å². The minimum absolute atomic E-state index is 0.154. The predicted octanol–water partition coefficient (Wildman–Crippen LogP) is 1.87. The average Bonchev–Trinajstić information content (AvgIpc) is 3.02. The lowest BCUT2D eigenvalue weighted by atomic mass is 10.1. The fourth-order valence-electron chi connectivity index (χ4n) is 2.90.